The molecule has 5 nitrogen and oxygen atoms in total. The van der Waals surface area contributed by atoms with E-state index in [-0.39, 0.29) is 5.91 Å². The molecular weight excluding hydrogens is 451 g/mol. The Labute approximate surface area is 197 Å². The first-order chi connectivity index (χ1) is 14.9. The van der Waals surface area contributed by atoms with Crippen molar-refractivity contribution in [2.45, 2.75) is 38.3 Å². The number of thiocarbonyl (C=S) groups is 1. The summed E-state index contributed by atoms with van der Waals surface area (Å²) in [6, 6.07) is 13.1. The third kappa shape index (κ3) is 4.86. The maximum Gasteiger partial charge on any atom is 0.272 e. The average Bonchev–Trinajstić information content (AvgIpc) is 2.88. The highest BCUT2D eigenvalue weighted by molar-refractivity contribution is 7.80. The van der Waals surface area contributed by atoms with Crippen molar-refractivity contribution in [3.05, 3.63) is 58.1 Å². The summed E-state index contributed by atoms with van der Waals surface area (Å²) in [6.07, 6.45) is 4.99. The third-order valence-electron chi connectivity index (χ3n) is 5.81. The number of benzodiazepines with no additional fused rings is 1. The van der Waals surface area contributed by atoms with Gasteiger partial charge in [-0.2, -0.15) is 0 Å². The zero-order chi connectivity index (χ0) is 22.0. The van der Waals surface area contributed by atoms with Crippen LogP contribution in [-0.4, -0.2) is 29.9 Å². The number of hydrogen-bond acceptors (Lipinski definition) is 3. The van der Waals surface area contributed by atoms with Crippen LogP contribution in [0.15, 0.2) is 47.5 Å². The molecule has 0 saturated heterocycles. The number of nitrogens with zero attached hydrogens (tertiary/aromatic N) is 2. The van der Waals surface area contributed by atoms with E-state index in [4.69, 9.17) is 40.4 Å². The molecule has 0 radical (unpaired) electrons. The van der Waals surface area contributed by atoms with E-state index in [0.29, 0.717) is 26.8 Å². The van der Waals surface area contributed by atoms with E-state index >= 15 is 0 Å². The van der Waals surface area contributed by atoms with E-state index in [2.05, 4.69) is 16.7 Å². The molecule has 31 heavy (non-hydrogen) atoms. The fourth-order valence-electron chi connectivity index (χ4n) is 4.21. The lowest BCUT2D eigenvalue weighted by atomic mass is 9.83. The molecule has 0 spiro atoms. The van der Waals surface area contributed by atoms with Crippen LogP contribution in [0.2, 0.25) is 10.0 Å². The summed E-state index contributed by atoms with van der Waals surface area (Å²) in [7, 11) is 1.78. The maximum atomic E-state index is 13.3. The van der Waals surface area contributed by atoms with Crippen LogP contribution in [0.5, 0.6) is 0 Å². The molecule has 1 unspecified atom stereocenters. The number of anilines is 2. The van der Waals surface area contributed by atoms with Gasteiger partial charge in [0.1, 0.15) is 0 Å². The lowest BCUT2D eigenvalue weighted by Crippen LogP contribution is -2.47. The molecule has 1 saturated carbocycles. The lowest BCUT2D eigenvalue weighted by molar-refractivity contribution is -0.119. The summed E-state index contributed by atoms with van der Waals surface area (Å²) in [4.78, 5) is 19.8. The molecule has 0 bridgehead atoms. The number of halogens is 2. The largest absolute Gasteiger partial charge is 0.333 e. The molecule has 1 atom stereocenters. The molecule has 2 aliphatic rings. The Morgan fingerprint density at radius 3 is 2.58 bits per heavy atom. The van der Waals surface area contributed by atoms with Crippen LogP contribution in [0, 0.1) is 5.92 Å². The number of nitrogens with one attached hydrogen (secondary N) is 2. The summed E-state index contributed by atoms with van der Waals surface area (Å²) in [5.41, 5.74) is 3.58. The van der Waals surface area contributed by atoms with E-state index in [0.717, 1.165) is 29.8 Å². The minimum Gasteiger partial charge on any atom is -0.333 e. The Hall–Kier alpha value is -2.15. The fraction of sp³-hybridized carbons (Fsp3) is 0.348. The summed E-state index contributed by atoms with van der Waals surface area (Å²) < 4.78 is 0. The van der Waals surface area contributed by atoms with Crippen molar-refractivity contribution in [1.29, 1.82) is 0 Å². The quantitative estimate of drug-likeness (QED) is 0.564. The van der Waals surface area contributed by atoms with Crippen molar-refractivity contribution in [2.75, 3.05) is 17.3 Å². The molecule has 1 amide bonds. The van der Waals surface area contributed by atoms with Gasteiger partial charge in [0.2, 0.25) is 6.17 Å². The summed E-state index contributed by atoms with van der Waals surface area (Å²) in [5, 5.41) is 7.34. The molecule has 1 heterocycles. The van der Waals surface area contributed by atoms with Crippen LogP contribution in [0.1, 0.15) is 37.7 Å². The topological polar surface area (TPSA) is 56.7 Å². The number of para-hydroxylation sites is 1. The second kappa shape index (κ2) is 9.55. The van der Waals surface area contributed by atoms with E-state index in [1.54, 1.807) is 30.1 Å². The second-order valence-electron chi connectivity index (χ2n) is 7.89. The Morgan fingerprint density at radius 2 is 1.84 bits per heavy atom. The normalized spacial score (nSPS) is 19.3. The Morgan fingerprint density at radius 1 is 1.10 bits per heavy atom. The number of benzene rings is 2. The molecule has 1 fully saturated rings. The van der Waals surface area contributed by atoms with Crippen molar-refractivity contribution in [3.8, 4) is 0 Å². The molecule has 2 aromatic carbocycles. The molecule has 4 rings (SSSR count). The highest BCUT2D eigenvalue weighted by atomic mass is 35.5. The first kappa shape index (κ1) is 22.1. The number of rotatable bonds is 3. The molecule has 1 aliphatic heterocycles. The summed E-state index contributed by atoms with van der Waals surface area (Å²) >= 11 is 17.5. The standard InChI is InChI=1S/C23H24Cl2N4OS/c1-29-19-10-6-5-9-16(19)20(14-7-3-2-4-8-14)27-21(22(29)30)28-23(31)26-15-11-12-17(24)18(25)13-15/h5-6,9-14,21H,2-4,7-8H2,1H3,(H2,26,28,31). The average molecular weight is 475 g/mol. The number of hydrogen-bond donors (Lipinski definition) is 2. The van der Waals surface area contributed by atoms with Crippen LogP contribution in [-0.2, 0) is 4.79 Å². The highest BCUT2D eigenvalue weighted by Crippen LogP contribution is 2.33. The Balaban J connectivity index is 1.62. The predicted molar refractivity (Wildman–Crippen MR) is 133 cm³/mol. The Kier molecular flexibility index (Phi) is 6.80. The van der Waals surface area contributed by atoms with Crippen molar-refractivity contribution < 1.29 is 4.79 Å². The number of aliphatic imine (C=N–C) groups is 1. The molecule has 162 valence electrons. The van der Waals surface area contributed by atoms with Gasteiger partial charge >= 0.3 is 0 Å². The van der Waals surface area contributed by atoms with Gasteiger partial charge in [0.25, 0.3) is 5.91 Å². The van der Waals surface area contributed by atoms with Gasteiger partial charge in [-0.25, -0.2) is 0 Å². The number of likely N-dealkylation sites (N-methyl/N-ethyl adjacent to an activating group) is 1. The molecule has 1 aliphatic carbocycles. The van der Waals surface area contributed by atoms with Gasteiger partial charge in [-0.15, -0.1) is 0 Å². The maximum absolute atomic E-state index is 13.3. The van der Waals surface area contributed by atoms with Crippen molar-refractivity contribution >= 4 is 63.5 Å². The monoisotopic (exact) mass is 474 g/mol. The summed E-state index contributed by atoms with van der Waals surface area (Å²) in [6.45, 7) is 0. The summed E-state index contributed by atoms with van der Waals surface area (Å²) in [5.74, 6) is 0.187. The molecule has 8 heteroatoms. The van der Waals surface area contributed by atoms with Crippen molar-refractivity contribution in [1.82, 2.24) is 5.32 Å². The van der Waals surface area contributed by atoms with Crippen LogP contribution < -0.4 is 15.5 Å². The third-order valence-corrected chi connectivity index (χ3v) is 6.77. The van der Waals surface area contributed by atoms with Gasteiger partial charge in [-0.1, -0.05) is 60.7 Å². The van der Waals surface area contributed by atoms with E-state index in [1.165, 1.54) is 19.3 Å². The minimum absolute atomic E-state index is 0.156. The van der Waals surface area contributed by atoms with Crippen LogP contribution >= 0.6 is 35.4 Å². The second-order valence-corrected chi connectivity index (χ2v) is 9.12. The van der Waals surface area contributed by atoms with Gasteiger partial charge < -0.3 is 15.5 Å². The molecule has 2 aromatic rings. The SMILES string of the molecule is CN1C(=O)C(NC(=S)Nc2ccc(Cl)c(Cl)c2)N=C(C2CCCCC2)c2ccccc21. The highest BCUT2D eigenvalue weighted by Gasteiger charge is 2.33. The lowest BCUT2D eigenvalue weighted by Gasteiger charge is -2.25. The van der Waals surface area contributed by atoms with Gasteiger partial charge in [0, 0.05) is 24.2 Å². The van der Waals surface area contributed by atoms with Gasteiger partial charge in [0.05, 0.1) is 21.4 Å². The van der Waals surface area contributed by atoms with Gasteiger partial charge in [0.15, 0.2) is 5.11 Å². The Bertz CT molecular complexity index is 1040. The minimum atomic E-state index is -0.808. The predicted octanol–water partition coefficient (Wildman–Crippen LogP) is 5.65. The van der Waals surface area contributed by atoms with Crippen molar-refractivity contribution in [3.63, 3.8) is 0 Å². The smallest absolute Gasteiger partial charge is 0.272 e. The number of fused-ring (bicyclic) bond motifs is 1. The molecule has 0 aromatic heterocycles. The zero-order valence-electron chi connectivity index (χ0n) is 17.2. The van der Waals surface area contributed by atoms with E-state index < -0.39 is 6.17 Å². The van der Waals surface area contributed by atoms with Crippen LogP contribution in [0.25, 0.3) is 0 Å². The fourth-order valence-corrected chi connectivity index (χ4v) is 4.74. The molecular formula is C23H24Cl2N4OS. The van der Waals surface area contributed by atoms with E-state index in [9.17, 15) is 4.79 Å². The number of carbonyl (C=O) groups is 1. The number of carbonyl (C=O) groups excluding carboxylic acids is 1. The first-order valence-corrected chi connectivity index (χ1v) is 11.6. The molecule has 2 N–H and O–H groups in total. The number of amides is 1. The van der Waals surface area contributed by atoms with Gasteiger partial charge in [-0.3, -0.25) is 9.79 Å². The van der Waals surface area contributed by atoms with Gasteiger partial charge in [-0.05, 0) is 49.3 Å². The van der Waals surface area contributed by atoms with Crippen LogP contribution in [0.3, 0.4) is 0 Å². The zero-order valence-corrected chi connectivity index (χ0v) is 19.5. The van der Waals surface area contributed by atoms with Crippen LogP contribution in [0.4, 0.5) is 11.4 Å². The first-order valence-electron chi connectivity index (χ1n) is 10.4. The van der Waals surface area contributed by atoms with E-state index in [1.807, 2.05) is 18.2 Å². The van der Waals surface area contributed by atoms with Crippen molar-refractivity contribution in [2.24, 2.45) is 10.9 Å².